The molecule has 8 unspecified atom stereocenters. The van der Waals surface area contributed by atoms with Crippen LogP contribution in [0.15, 0.2) is 0 Å². The molecule has 0 aromatic carbocycles. The molecule has 580 valence electrons. The zero-order valence-electron chi connectivity index (χ0n) is 62.5. The third-order valence-electron chi connectivity index (χ3n) is 18.3. The summed E-state index contributed by atoms with van der Waals surface area (Å²) < 4.78 is 65.6. The minimum absolute atomic E-state index is 0.0571. The van der Waals surface area contributed by atoms with E-state index >= 15 is 0 Å². The molecule has 2 aliphatic rings. The van der Waals surface area contributed by atoms with Gasteiger partial charge >= 0.3 is 0 Å². The zero-order valence-corrected chi connectivity index (χ0v) is 67.0. The molecule has 0 bridgehead atoms. The van der Waals surface area contributed by atoms with Gasteiger partial charge in [-0.2, -0.15) is 12.6 Å². The molecule has 0 aromatic heterocycles. The maximum Gasteiger partial charge on any atom is 0.248 e. The average molecular weight is 1480 g/mol. The number of thiol groups is 1. The number of Topliss-reactive ketones (excluding diaryl/α,β-unsaturated/α-hetero) is 1. The van der Waals surface area contributed by atoms with Crippen LogP contribution in [0.1, 0.15) is 341 Å². The van der Waals surface area contributed by atoms with Crippen LogP contribution in [0.3, 0.4) is 0 Å². The molecule has 17 nitrogen and oxygen atoms in total. The Morgan fingerprint density at radius 2 is 0.670 bits per heavy atom. The van der Waals surface area contributed by atoms with Crippen molar-refractivity contribution >= 4 is 73.9 Å². The van der Waals surface area contributed by atoms with E-state index < -0.39 is 54.7 Å². The smallest absolute Gasteiger partial charge is 0.248 e. The number of rotatable bonds is 74. The van der Waals surface area contributed by atoms with E-state index in [1.54, 1.807) is 7.11 Å². The van der Waals surface area contributed by atoms with Crippen LogP contribution >= 0.6 is 42.9 Å². The van der Waals surface area contributed by atoms with Crippen LogP contribution in [-0.4, -0.2) is 161 Å². The molecule has 97 heavy (non-hydrogen) atoms. The second-order valence-electron chi connectivity index (χ2n) is 27.5. The molecule has 0 aromatic rings. The molecule has 0 spiro atoms. The van der Waals surface area contributed by atoms with E-state index in [-0.39, 0.29) is 19.0 Å². The SMILES string of the molecule is C=P(O)(OCCCCCCCCCCCCCCCCCCCCCCCCCCCCCCCCCCCCCCCCC)OCC1OCCC1OP(=C)(O)OCCCCCCCC(=O)CCOCCOC.C=P(O)(OCCCCCCS)OCC1OCCC1OP(=C)(O)OC. The quantitative estimate of drug-likeness (QED) is 0.0218. The van der Waals surface area contributed by atoms with E-state index in [2.05, 4.69) is 44.8 Å². The van der Waals surface area contributed by atoms with Gasteiger partial charge in [-0.05, 0) is 63.1 Å². The van der Waals surface area contributed by atoms with E-state index in [1.807, 2.05) is 0 Å². The molecule has 0 saturated carbocycles. The van der Waals surface area contributed by atoms with Gasteiger partial charge in [-0.1, -0.05) is 283 Å². The van der Waals surface area contributed by atoms with Gasteiger partial charge in [0.2, 0.25) is 30.3 Å². The molecule has 4 N–H and O–H groups in total. The largest absolute Gasteiger partial charge is 0.382 e. The molecule has 22 heteroatoms. The van der Waals surface area contributed by atoms with Crippen molar-refractivity contribution in [2.24, 2.45) is 0 Å². The topological polar surface area (TPSA) is 209 Å². The number of hydrogen-bond acceptors (Lipinski definition) is 18. The molecule has 2 aliphatic heterocycles. The summed E-state index contributed by atoms with van der Waals surface area (Å²) in [5.74, 6) is 1.12. The van der Waals surface area contributed by atoms with E-state index in [0.29, 0.717) is 78.5 Å². The average Bonchev–Trinajstić information content (AvgIpc) is 1.81. The van der Waals surface area contributed by atoms with Crippen molar-refractivity contribution in [3.63, 3.8) is 0 Å². The Labute approximate surface area is 601 Å². The minimum Gasteiger partial charge on any atom is -0.382 e. The fraction of sp³-hybridized carbons (Fsp3) is 0.933. The summed E-state index contributed by atoms with van der Waals surface area (Å²) in [6.45, 7) is 6.04. The van der Waals surface area contributed by atoms with E-state index in [9.17, 15) is 24.4 Å². The van der Waals surface area contributed by atoms with Crippen molar-refractivity contribution in [3.05, 3.63) is 0 Å². The summed E-state index contributed by atoms with van der Waals surface area (Å²) in [6.07, 6.45) is 78.5. The number of carbonyl (C=O) groups excluding carboxylic acids is 1. The van der Waals surface area contributed by atoms with Crippen molar-refractivity contribution in [1.29, 1.82) is 0 Å². The highest BCUT2D eigenvalue weighted by molar-refractivity contribution is 7.80. The van der Waals surface area contributed by atoms with Crippen LogP contribution in [-0.2, 0) is 59.9 Å². The van der Waals surface area contributed by atoms with Gasteiger partial charge in [-0.15, -0.1) is 0 Å². The first kappa shape index (κ1) is 95.6. The van der Waals surface area contributed by atoms with Crippen LogP contribution in [0.25, 0.3) is 0 Å². The molecule has 8 atom stereocenters. The fourth-order valence-electron chi connectivity index (χ4n) is 12.2. The molecule has 0 radical (unpaired) electrons. The first-order valence-electron chi connectivity index (χ1n) is 39.4. The predicted molar refractivity (Wildman–Crippen MR) is 418 cm³/mol. The van der Waals surface area contributed by atoms with Crippen molar-refractivity contribution in [1.82, 2.24) is 0 Å². The van der Waals surface area contributed by atoms with Crippen LogP contribution < -0.4 is 0 Å². The van der Waals surface area contributed by atoms with Crippen molar-refractivity contribution in [3.8, 4) is 0 Å². The van der Waals surface area contributed by atoms with Crippen molar-refractivity contribution in [2.75, 3.05) is 86.0 Å². The van der Waals surface area contributed by atoms with Crippen LogP contribution in [0.2, 0.25) is 0 Å². The number of hydrogen-bond donors (Lipinski definition) is 5. The maximum atomic E-state index is 12.0. The van der Waals surface area contributed by atoms with E-state index in [0.717, 1.165) is 76.4 Å². The van der Waals surface area contributed by atoms with Gasteiger partial charge in [0.1, 0.15) is 18.0 Å². The summed E-state index contributed by atoms with van der Waals surface area (Å²) in [5, 5.41) is 0. The number of methoxy groups -OCH3 is 1. The normalized spacial score (nSPS) is 19.0. The first-order valence-corrected chi connectivity index (χ1v) is 47.1. The lowest BCUT2D eigenvalue weighted by Gasteiger charge is -2.26. The van der Waals surface area contributed by atoms with Crippen molar-refractivity contribution in [2.45, 2.75) is 365 Å². The van der Waals surface area contributed by atoms with Gasteiger partial charge in [-0.25, -0.2) is 0 Å². The van der Waals surface area contributed by atoms with Crippen LogP contribution in [0, 0.1) is 0 Å². The Morgan fingerprint density at radius 1 is 0.371 bits per heavy atom. The van der Waals surface area contributed by atoms with Gasteiger partial charge in [0.25, 0.3) is 0 Å². The van der Waals surface area contributed by atoms with Gasteiger partial charge in [0.05, 0.1) is 65.1 Å². The molecule has 2 saturated heterocycles. The highest BCUT2D eigenvalue weighted by atomic mass is 32.1. The Kier molecular flexibility index (Phi) is 66.2. The summed E-state index contributed by atoms with van der Waals surface area (Å²) >= 11 is 4.16. The second kappa shape index (κ2) is 67.2. The monoisotopic (exact) mass is 1480 g/mol. The van der Waals surface area contributed by atoms with Gasteiger partial charge in [-0.3, -0.25) is 4.79 Å². The van der Waals surface area contributed by atoms with Crippen LogP contribution in [0.5, 0.6) is 0 Å². The molecule has 2 heterocycles. The maximum absolute atomic E-state index is 12.0. The Morgan fingerprint density at radius 3 is 0.990 bits per heavy atom. The predicted octanol–water partition coefficient (Wildman–Crippen LogP) is 21.5. The summed E-state index contributed by atoms with van der Waals surface area (Å²) in [4.78, 5) is 53.3. The Hall–Kier alpha value is 0.580. The molecule has 0 amide bonds. The molecule has 2 rings (SSSR count). The number of ketones is 1. The number of ether oxygens (including phenoxy) is 4. The third kappa shape index (κ3) is 63.6. The standard InChI is InChI=1S/C61H122O10P2.C14H30O7P2S/c1-5-6-7-8-9-10-11-12-13-14-15-16-17-18-19-20-21-22-23-24-25-26-27-28-29-30-31-32-33-34-35-36-37-38-39-40-41-44-47-52-68-72(3,63)70-58-61-60(51-55-67-61)71-73(4,64)69-53-48-45-42-43-46-49-59(62)50-54-66-57-56-65-2;1-17-22(2,15)21-13-8-10-18-14(13)12-20-23(3,16)19-9-6-4-5-7-11-24/h60-61,63-64H,3-58H2,1-2H3;13-16,24H,2-12H2,1H3. The second-order valence-corrected chi connectivity index (χ2v) is 35.1. The molecular formula is C75H152O17P4S. The molecule has 2 fully saturated rings. The lowest BCUT2D eigenvalue weighted by atomic mass is 10.0. The number of unbranched alkanes of at least 4 members (excludes halogenated alkanes) is 45. The Balaban J connectivity index is 0.00000163. The first-order chi connectivity index (χ1) is 47.0. The van der Waals surface area contributed by atoms with Crippen molar-refractivity contribution < 1.29 is 79.5 Å². The van der Waals surface area contributed by atoms with Gasteiger partial charge < -0.3 is 74.7 Å². The highest BCUT2D eigenvalue weighted by Gasteiger charge is 2.36. The number of carbonyl (C=O) groups is 1. The Bertz CT molecular complexity index is 1940. The molecular weight excluding hydrogens is 1330 g/mol. The zero-order chi connectivity index (χ0) is 70.9. The lowest BCUT2D eigenvalue weighted by Crippen LogP contribution is -2.28. The fourth-order valence-corrected chi connectivity index (χ4v) is 16.0. The summed E-state index contributed by atoms with van der Waals surface area (Å²) in [6, 6.07) is 0. The van der Waals surface area contributed by atoms with Gasteiger partial charge in [0.15, 0.2) is 0 Å². The highest BCUT2D eigenvalue weighted by Crippen LogP contribution is 2.49. The minimum atomic E-state index is -3.30. The third-order valence-corrected chi connectivity index (χ3v) is 23.3. The lowest BCUT2D eigenvalue weighted by molar-refractivity contribution is -0.120. The van der Waals surface area contributed by atoms with E-state index in [1.165, 1.54) is 245 Å². The summed E-state index contributed by atoms with van der Waals surface area (Å²) in [5.41, 5.74) is 0. The van der Waals surface area contributed by atoms with E-state index in [4.69, 9.17) is 55.1 Å². The van der Waals surface area contributed by atoms with Crippen LogP contribution in [0.4, 0.5) is 0 Å². The summed E-state index contributed by atoms with van der Waals surface area (Å²) in [7, 11) is -9.80. The van der Waals surface area contributed by atoms with Gasteiger partial charge in [0, 0.05) is 53.1 Å². The molecule has 0 aliphatic carbocycles.